The Morgan fingerprint density at radius 3 is 1.93 bits per heavy atom. The highest BCUT2D eigenvalue weighted by Crippen LogP contribution is 2.47. The fourth-order valence-corrected chi connectivity index (χ4v) is 1.86. The van der Waals surface area contributed by atoms with Gasteiger partial charge in [-0.05, 0) is 0 Å². The van der Waals surface area contributed by atoms with Crippen LogP contribution < -0.4 is 0 Å². The van der Waals surface area contributed by atoms with Crippen LogP contribution in [0.3, 0.4) is 0 Å². The van der Waals surface area contributed by atoms with E-state index in [1.165, 1.54) is 13.8 Å². The van der Waals surface area contributed by atoms with E-state index in [9.17, 15) is 9.59 Å². The molecule has 0 spiro atoms. The van der Waals surface area contributed by atoms with E-state index in [1.807, 2.05) is 0 Å². The van der Waals surface area contributed by atoms with Gasteiger partial charge in [-0.25, -0.2) is 4.79 Å². The minimum absolute atomic E-state index is 1.07. The van der Waals surface area contributed by atoms with Crippen molar-refractivity contribution in [1.29, 1.82) is 0 Å². The normalized spacial score (nSPS) is 18.4. The standard InChI is InChI=1S/C7H9Br2ClO4/c1-6(2,3(8)4(11)12)7(9,10)5(13)14/h3H,1-2H3,(H,11,12)(H,13,14). The Bertz CT molecular complexity index is 264. The number of carbonyl (C=O) groups is 2. The maximum absolute atomic E-state index is 10.8. The summed E-state index contributed by atoms with van der Waals surface area (Å²) in [5.74, 6) is -2.49. The molecule has 0 aliphatic rings. The van der Waals surface area contributed by atoms with Crippen molar-refractivity contribution in [2.75, 3.05) is 0 Å². The smallest absolute Gasteiger partial charge is 0.336 e. The van der Waals surface area contributed by atoms with Crippen LogP contribution in [0.5, 0.6) is 0 Å². The van der Waals surface area contributed by atoms with Crippen LogP contribution in [0.25, 0.3) is 0 Å². The van der Waals surface area contributed by atoms with Crippen LogP contribution in [0.4, 0.5) is 0 Å². The summed E-state index contributed by atoms with van der Waals surface area (Å²) in [5.41, 5.74) is -1.20. The minimum Gasteiger partial charge on any atom is -0.480 e. The third-order valence-corrected chi connectivity index (χ3v) is 5.47. The third kappa shape index (κ3) is 2.41. The molecule has 0 saturated carbocycles. The Morgan fingerprint density at radius 1 is 1.36 bits per heavy atom. The van der Waals surface area contributed by atoms with Crippen molar-refractivity contribution < 1.29 is 19.8 Å². The van der Waals surface area contributed by atoms with Crippen LogP contribution in [0, 0.1) is 5.41 Å². The molecule has 0 aliphatic heterocycles. The van der Waals surface area contributed by atoms with Gasteiger partial charge >= 0.3 is 11.9 Å². The quantitative estimate of drug-likeness (QED) is 0.761. The Balaban J connectivity index is 5.13. The zero-order valence-electron chi connectivity index (χ0n) is 7.42. The lowest BCUT2D eigenvalue weighted by Gasteiger charge is -2.36. The summed E-state index contributed by atoms with van der Waals surface area (Å²) in [4.78, 5) is 20.4. The summed E-state index contributed by atoms with van der Waals surface area (Å²) >= 11 is 11.4. The monoisotopic (exact) mass is 350 g/mol. The van der Waals surface area contributed by atoms with E-state index in [-0.39, 0.29) is 0 Å². The Morgan fingerprint density at radius 2 is 1.71 bits per heavy atom. The molecule has 0 heterocycles. The highest BCUT2D eigenvalue weighted by Gasteiger charge is 2.54. The van der Waals surface area contributed by atoms with Gasteiger partial charge in [-0.1, -0.05) is 57.3 Å². The molecule has 2 N–H and O–H groups in total. The van der Waals surface area contributed by atoms with Gasteiger partial charge in [0.05, 0.1) is 0 Å². The molecule has 2 atom stereocenters. The maximum Gasteiger partial charge on any atom is 0.336 e. The van der Waals surface area contributed by atoms with Crippen LogP contribution in [0.1, 0.15) is 13.8 Å². The highest BCUT2D eigenvalue weighted by atomic mass is 79.9. The van der Waals surface area contributed by atoms with Crippen LogP contribution in [0.15, 0.2) is 0 Å². The first-order valence-electron chi connectivity index (χ1n) is 3.53. The molecule has 0 fully saturated rings. The van der Waals surface area contributed by atoms with Crippen molar-refractivity contribution in [3.63, 3.8) is 0 Å². The summed E-state index contributed by atoms with van der Waals surface area (Å²) in [7, 11) is 0. The zero-order chi connectivity index (χ0) is 11.7. The van der Waals surface area contributed by atoms with Gasteiger partial charge in [0, 0.05) is 5.41 Å². The van der Waals surface area contributed by atoms with Gasteiger partial charge in [0.2, 0.25) is 3.78 Å². The van der Waals surface area contributed by atoms with E-state index < -0.39 is 26.0 Å². The average molecular weight is 352 g/mol. The van der Waals surface area contributed by atoms with Crippen molar-refractivity contribution in [2.24, 2.45) is 5.41 Å². The lowest BCUT2D eigenvalue weighted by atomic mass is 9.85. The summed E-state index contributed by atoms with van der Waals surface area (Å²) in [5, 5.41) is 17.6. The van der Waals surface area contributed by atoms with Gasteiger partial charge in [-0.3, -0.25) is 4.79 Å². The average Bonchev–Trinajstić information content (AvgIpc) is 2.01. The van der Waals surface area contributed by atoms with E-state index in [0.717, 1.165) is 0 Å². The molecule has 0 rings (SSSR count). The molecule has 0 aromatic rings. The molecular weight excluding hydrogens is 343 g/mol. The Kier molecular flexibility index (Phi) is 4.42. The lowest BCUT2D eigenvalue weighted by molar-refractivity contribution is -0.142. The second kappa shape index (κ2) is 4.37. The van der Waals surface area contributed by atoms with Gasteiger partial charge in [0.25, 0.3) is 0 Å². The fourth-order valence-electron chi connectivity index (χ4n) is 0.743. The first-order valence-corrected chi connectivity index (χ1v) is 5.62. The SMILES string of the molecule is CC(C)(C(Br)C(=O)O)C(Cl)(Br)C(=O)O. The second-order valence-corrected chi connectivity index (χ2v) is 6.43. The summed E-state index contributed by atoms with van der Waals surface area (Å²) < 4.78 is -1.83. The summed E-state index contributed by atoms with van der Waals surface area (Å²) in [6.45, 7) is 2.88. The molecule has 0 radical (unpaired) electrons. The molecule has 0 saturated heterocycles. The summed E-state index contributed by atoms with van der Waals surface area (Å²) in [6, 6.07) is 0. The maximum atomic E-state index is 10.8. The summed E-state index contributed by atoms with van der Waals surface area (Å²) in [6.07, 6.45) is 0. The zero-order valence-corrected chi connectivity index (χ0v) is 11.4. The van der Waals surface area contributed by atoms with E-state index in [4.69, 9.17) is 21.8 Å². The first kappa shape index (κ1) is 14.2. The largest absolute Gasteiger partial charge is 0.480 e. The van der Waals surface area contributed by atoms with Crippen molar-refractivity contribution in [3.8, 4) is 0 Å². The highest BCUT2D eigenvalue weighted by molar-refractivity contribution is 9.11. The molecule has 82 valence electrons. The molecule has 0 aromatic heterocycles. The lowest BCUT2D eigenvalue weighted by Crippen LogP contribution is -2.49. The number of hydrogen-bond donors (Lipinski definition) is 2. The predicted molar refractivity (Wildman–Crippen MR) is 59.3 cm³/mol. The van der Waals surface area contributed by atoms with Gasteiger partial charge in [-0.2, -0.15) is 0 Å². The molecule has 0 bridgehead atoms. The van der Waals surface area contributed by atoms with Gasteiger partial charge in [-0.15, -0.1) is 0 Å². The topological polar surface area (TPSA) is 74.6 Å². The molecular formula is C7H9Br2ClO4. The molecule has 0 amide bonds. The van der Waals surface area contributed by atoms with Crippen molar-refractivity contribution in [1.82, 2.24) is 0 Å². The number of carboxylic acids is 2. The first-order chi connectivity index (χ1) is 6.05. The third-order valence-electron chi connectivity index (χ3n) is 1.93. The molecule has 0 aromatic carbocycles. The molecule has 2 unspecified atom stereocenters. The number of alkyl halides is 3. The van der Waals surface area contributed by atoms with Crippen LogP contribution in [-0.4, -0.2) is 30.8 Å². The Labute approximate surface area is 103 Å². The minimum atomic E-state index is -1.83. The number of rotatable bonds is 4. The number of aliphatic carboxylic acids is 2. The number of hydrogen-bond acceptors (Lipinski definition) is 2. The second-order valence-electron chi connectivity index (χ2n) is 3.30. The van der Waals surface area contributed by atoms with Crippen LogP contribution in [-0.2, 0) is 9.59 Å². The van der Waals surface area contributed by atoms with Crippen molar-refractivity contribution in [2.45, 2.75) is 22.5 Å². The van der Waals surface area contributed by atoms with Crippen LogP contribution in [0.2, 0.25) is 0 Å². The van der Waals surface area contributed by atoms with Crippen molar-refractivity contribution >= 4 is 55.4 Å². The van der Waals surface area contributed by atoms with Gasteiger partial charge in [0.15, 0.2) is 0 Å². The predicted octanol–water partition coefficient (Wildman–Crippen LogP) is 2.28. The van der Waals surface area contributed by atoms with Gasteiger partial charge < -0.3 is 10.2 Å². The van der Waals surface area contributed by atoms with E-state index in [2.05, 4.69) is 31.9 Å². The van der Waals surface area contributed by atoms with Crippen molar-refractivity contribution in [3.05, 3.63) is 0 Å². The van der Waals surface area contributed by atoms with Crippen LogP contribution >= 0.6 is 43.5 Å². The fraction of sp³-hybridized carbons (Fsp3) is 0.714. The molecule has 0 aliphatic carbocycles. The number of halogens is 3. The molecule has 7 heteroatoms. The molecule has 4 nitrogen and oxygen atoms in total. The number of carboxylic acid groups (broad SMARTS) is 2. The molecule has 14 heavy (non-hydrogen) atoms. The van der Waals surface area contributed by atoms with Gasteiger partial charge in [0.1, 0.15) is 4.83 Å². The van der Waals surface area contributed by atoms with E-state index >= 15 is 0 Å². The van der Waals surface area contributed by atoms with E-state index in [0.29, 0.717) is 0 Å². The Hall–Kier alpha value is 0.190. The van der Waals surface area contributed by atoms with E-state index in [1.54, 1.807) is 0 Å².